The second kappa shape index (κ2) is 6.92. The van der Waals surface area contributed by atoms with Gasteiger partial charge in [-0.15, -0.1) is 0 Å². The molecular formula is C19H25N3O. The molecule has 1 aliphatic heterocycles. The summed E-state index contributed by atoms with van der Waals surface area (Å²) in [4.78, 5) is 4.36. The minimum Gasteiger partial charge on any atom is -0.395 e. The van der Waals surface area contributed by atoms with Crippen LogP contribution in [0.3, 0.4) is 0 Å². The third kappa shape index (κ3) is 3.59. The second-order valence-corrected chi connectivity index (χ2v) is 6.18. The van der Waals surface area contributed by atoms with E-state index in [1.807, 2.05) is 11.9 Å². The molecule has 1 heterocycles. The first-order valence-electron chi connectivity index (χ1n) is 8.16. The monoisotopic (exact) mass is 311 g/mol. The van der Waals surface area contributed by atoms with Gasteiger partial charge in [-0.3, -0.25) is 0 Å². The Morgan fingerprint density at radius 3 is 2.70 bits per heavy atom. The number of fused-ring (bicyclic) bond motifs is 1. The Bertz CT molecular complexity index is 654. The molecule has 3 rings (SSSR count). The molecule has 2 N–H and O–H groups in total. The number of anilines is 3. The van der Waals surface area contributed by atoms with E-state index in [0.29, 0.717) is 6.54 Å². The molecule has 0 atom stereocenters. The van der Waals surface area contributed by atoms with Gasteiger partial charge in [-0.05, 0) is 47.9 Å². The number of nitrogens with one attached hydrogen (secondary N) is 1. The summed E-state index contributed by atoms with van der Waals surface area (Å²) >= 11 is 0. The third-order valence-corrected chi connectivity index (χ3v) is 4.51. The molecule has 0 saturated heterocycles. The van der Waals surface area contributed by atoms with Crippen LogP contribution in [0, 0.1) is 0 Å². The molecule has 2 aromatic carbocycles. The fourth-order valence-corrected chi connectivity index (χ4v) is 3.05. The van der Waals surface area contributed by atoms with Gasteiger partial charge in [0.25, 0.3) is 0 Å². The van der Waals surface area contributed by atoms with Gasteiger partial charge in [0.2, 0.25) is 0 Å². The summed E-state index contributed by atoms with van der Waals surface area (Å²) in [5.41, 5.74) is 6.37. The van der Waals surface area contributed by atoms with E-state index in [1.54, 1.807) is 0 Å². The molecule has 0 amide bonds. The lowest BCUT2D eigenvalue weighted by Crippen LogP contribution is -2.20. The normalized spacial score (nSPS) is 13.1. The minimum atomic E-state index is 0.171. The fraction of sp³-hybridized carbons (Fsp3) is 0.368. The maximum atomic E-state index is 8.99. The standard InChI is InChI=1S/C19H25N3O/c1-21(11-12-23)18-6-4-17(5-7-18)20-14-15-3-8-19-16(13-15)9-10-22(19)2/h3-8,13,20,23H,9-12,14H2,1-2H3. The zero-order valence-corrected chi connectivity index (χ0v) is 13.9. The summed E-state index contributed by atoms with van der Waals surface area (Å²) in [7, 11) is 4.14. The Balaban J connectivity index is 1.60. The van der Waals surface area contributed by atoms with Crippen molar-refractivity contribution >= 4 is 17.1 Å². The van der Waals surface area contributed by atoms with Crippen LogP contribution in [0.15, 0.2) is 42.5 Å². The lowest BCUT2D eigenvalue weighted by Gasteiger charge is -2.18. The Hall–Kier alpha value is -2.20. The third-order valence-electron chi connectivity index (χ3n) is 4.51. The highest BCUT2D eigenvalue weighted by Crippen LogP contribution is 2.27. The van der Waals surface area contributed by atoms with Crippen molar-refractivity contribution in [1.82, 2.24) is 0 Å². The number of rotatable bonds is 6. The number of benzene rings is 2. The predicted molar refractivity (Wildman–Crippen MR) is 97.5 cm³/mol. The van der Waals surface area contributed by atoms with Gasteiger partial charge in [0.1, 0.15) is 0 Å². The van der Waals surface area contributed by atoms with Gasteiger partial charge in [0.05, 0.1) is 6.61 Å². The lowest BCUT2D eigenvalue weighted by molar-refractivity contribution is 0.304. The summed E-state index contributed by atoms with van der Waals surface area (Å²) in [6, 6.07) is 15.1. The van der Waals surface area contributed by atoms with Gasteiger partial charge in [0, 0.05) is 50.8 Å². The molecule has 0 aromatic heterocycles. The molecule has 23 heavy (non-hydrogen) atoms. The first-order valence-corrected chi connectivity index (χ1v) is 8.16. The van der Waals surface area contributed by atoms with E-state index in [9.17, 15) is 0 Å². The predicted octanol–water partition coefficient (Wildman–Crippen LogP) is 2.72. The van der Waals surface area contributed by atoms with Crippen LogP contribution in [0.4, 0.5) is 17.1 Å². The SMILES string of the molecule is CN(CCO)c1ccc(NCc2ccc3c(c2)CCN3C)cc1. The van der Waals surface area contributed by atoms with Crippen LogP contribution < -0.4 is 15.1 Å². The molecular weight excluding hydrogens is 286 g/mol. The average Bonchev–Trinajstić information content (AvgIpc) is 2.94. The van der Waals surface area contributed by atoms with Crippen molar-refractivity contribution in [1.29, 1.82) is 0 Å². The molecule has 122 valence electrons. The van der Waals surface area contributed by atoms with Crippen molar-refractivity contribution in [2.75, 3.05) is 48.9 Å². The molecule has 0 bridgehead atoms. The lowest BCUT2D eigenvalue weighted by atomic mass is 10.1. The van der Waals surface area contributed by atoms with Crippen LogP contribution in [0.5, 0.6) is 0 Å². The van der Waals surface area contributed by atoms with Gasteiger partial charge >= 0.3 is 0 Å². The molecule has 0 saturated carbocycles. The quantitative estimate of drug-likeness (QED) is 0.860. The molecule has 0 fully saturated rings. The summed E-state index contributed by atoms with van der Waals surface area (Å²) in [6.45, 7) is 2.78. The van der Waals surface area contributed by atoms with Gasteiger partial charge in [-0.2, -0.15) is 0 Å². The highest BCUT2D eigenvalue weighted by atomic mass is 16.3. The Kier molecular flexibility index (Phi) is 4.72. The maximum Gasteiger partial charge on any atom is 0.0606 e. The second-order valence-electron chi connectivity index (χ2n) is 6.18. The Labute approximate surface area is 138 Å². The highest BCUT2D eigenvalue weighted by Gasteiger charge is 2.15. The van der Waals surface area contributed by atoms with Crippen molar-refractivity contribution in [2.24, 2.45) is 0 Å². The van der Waals surface area contributed by atoms with Crippen molar-refractivity contribution in [2.45, 2.75) is 13.0 Å². The highest BCUT2D eigenvalue weighted by molar-refractivity contribution is 5.59. The van der Waals surface area contributed by atoms with Crippen LogP contribution in [-0.4, -0.2) is 38.9 Å². The van der Waals surface area contributed by atoms with E-state index in [-0.39, 0.29) is 6.61 Å². The fourth-order valence-electron chi connectivity index (χ4n) is 3.05. The largest absolute Gasteiger partial charge is 0.395 e. The molecule has 0 radical (unpaired) electrons. The molecule has 0 spiro atoms. The van der Waals surface area contributed by atoms with Gasteiger partial charge in [-0.1, -0.05) is 12.1 Å². The van der Waals surface area contributed by atoms with E-state index in [4.69, 9.17) is 5.11 Å². The van der Waals surface area contributed by atoms with Crippen LogP contribution in [0.2, 0.25) is 0 Å². The van der Waals surface area contributed by atoms with Crippen molar-refractivity contribution < 1.29 is 5.11 Å². The topological polar surface area (TPSA) is 38.7 Å². The molecule has 4 nitrogen and oxygen atoms in total. The molecule has 2 aromatic rings. The van der Waals surface area contributed by atoms with Crippen molar-refractivity contribution in [3.05, 3.63) is 53.6 Å². The molecule has 0 aliphatic carbocycles. The van der Waals surface area contributed by atoms with E-state index in [1.165, 1.54) is 16.8 Å². The summed E-state index contributed by atoms with van der Waals surface area (Å²) in [6.07, 6.45) is 1.14. The maximum absolute atomic E-state index is 8.99. The number of likely N-dealkylation sites (N-methyl/N-ethyl adjacent to an activating group) is 2. The first kappa shape index (κ1) is 15.7. The zero-order valence-electron chi connectivity index (χ0n) is 13.9. The van der Waals surface area contributed by atoms with Crippen molar-refractivity contribution in [3.8, 4) is 0 Å². The summed E-state index contributed by atoms with van der Waals surface area (Å²) in [5.74, 6) is 0. The van der Waals surface area contributed by atoms with Crippen LogP contribution in [0.1, 0.15) is 11.1 Å². The van der Waals surface area contributed by atoms with E-state index >= 15 is 0 Å². The van der Waals surface area contributed by atoms with E-state index < -0.39 is 0 Å². The Morgan fingerprint density at radius 1 is 1.17 bits per heavy atom. The van der Waals surface area contributed by atoms with Crippen molar-refractivity contribution in [3.63, 3.8) is 0 Å². The summed E-state index contributed by atoms with van der Waals surface area (Å²) in [5, 5.41) is 12.5. The van der Waals surface area contributed by atoms with Gasteiger partial charge in [-0.25, -0.2) is 0 Å². The minimum absolute atomic E-state index is 0.171. The van der Waals surface area contributed by atoms with Crippen LogP contribution in [0.25, 0.3) is 0 Å². The zero-order chi connectivity index (χ0) is 16.2. The van der Waals surface area contributed by atoms with Gasteiger partial charge in [0.15, 0.2) is 0 Å². The van der Waals surface area contributed by atoms with E-state index in [2.05, 4.69) is 59.7 Å². The van der Waals surface area contributed by atoms with Gasteiger partial charge < -0.3 is 20.2 Å². The smallest absolute Gasteiger partial charge is 0.0606 e. The van der Waals surface area contributed by atoms with E-state index in [0.717, 1.165) is 30.9 Å². The Morgan fingerprint density at radius 2 is 1.96 bits per heavy atom. The van der Waals surface area contributed by atoms with Crippen LogP contribution in [-0.2, 0) is 13.0 Å². The number of hydrogen-bond donors (Lipinski definition) is 2. The molecule has 0 unspecified atom stereocenters. The number of hydrogen-bond acceptors (Lipinski definition) is 4. The summed E-state index contributed by atoms with van der Waals surface area (Å²) < 4.78 is 0. The number of nitrogens with zero attached hydrogens (tertiary/aromatic N) is 2. The molecule has 4 heteroatoms. The number of aliphatic hydroxyl groups excluding tert-OH is 1. The average molecular weight is 311 g/mol. The van der Waals surface area contributed by atoms with Crippen LogP contribution >= 0.6 is 0 Å². The molecule has 1 aliphatic rings. The number of aliphatic hydroxyl groups is 1. The first-order chi connectivity index (χ1) is 11.2.